The van der Waals surface area contributed by atoms with Crippen molar-refractivity contribution in [2.75, 3.05) is 18.0 Å². The zero-order valence-electron chi connectivity index (χ0n) is 11.1. The summed E-state index contributed by atoms with van der Waals surface area (Å²) in [5.74, 6) is 0.0646. The Morgan fingerprint density at radius 2 is 2.05 bits per heavy atom. The molecule has 0 aliphatic heterocycles. The minimum atomic E-state index is -4.28. The predicted octanol–water partition coefficient (Wildman–Crippen LogP) is 3.86. The molecule has 1 aromatic rings. The standard InChI is InChI=1S/C12H17F3N2OS/c1-4-8(3)10-9(6-18)19-11(16-10)17(5-2)7-12(13,14)15/h6,8H,4-5,7H2,1-3H3. The molecule has 1 heterocycles. The highest BCUT2D eigenvalue weighted by Gasteiger charge is 2.32. The van der Waals surface area contributed by atoms with Crippen LogP contribution in [0, 0.1) is 0 Å². The van der Waals surface area contributed by atoms with Crippen molar-refractivity contribution in [1.82, 2.24) is 4.98 Å². The maximum Gasteiger partial charge on any atom is 0.406 e. The summed E-state index contributed by atoms with van der Waals surface area (Å²) in [7, 11) is 0. The Morgan fingerprint density at radius 3 is 2.47 bits per heavy atom. The summed E-state index contributed by atoms with van der Waals surface area (Å²) in [4.78, 5) is 16.8. The van der Waals surface area contributed by atoms with Crippen LogP contribution in [0.2, 0.25) is 0 Å². The molecule has 19 heavy (non-hydrogen) atoms. The molecule has 0 N–H and O–H groups in total. The van der Waals surface area contributed by atoms with Crippen LogP contribution >= 0.6 is 11.3 Å². The average molecular weight is 294 g/mol. The van der Waals surface area contributed by atoms with Crippen molar-refractivity contribution in [3.05, 3.63) is 10.6 Å². The second-order valence-electron chi connectivity index (χ2n) is 4.30. The fourth-order valence-corrected chi connectivity index (χ4v) is 2.69. The number of aldehydes is 1. The van der Waals surface area contributed by atoms with E-state index in [1.165, 1.54) is 0 Å². The van der Waals surface area contributed by atoms with Crippen LogP contribution in [0.3, 0.4) is 0 Å². The SMILES string of the molecule is CCC(C)c1nc(N(CC)CC(F)(F)F)sc1C=O. The molecule has 7 heteroatoms. The molecule has 108 valence electrons. The molecule has 1 rings (SSSR count). The van der Waals surface area contributed by atoms with E-state index < -0.39 is 12.7 Å². The van der Waals surface area contributed by atoms with Crippen LogP contribution in [0.15, 0.2) is 0 Å². The normalized spacial score (nSPS) is 13.4. The Bertz CT molecular complexity index is 431. The second-order valence-corrected chi connectivity index (χ2v) is 5.31. The molecule has 0 bridgehead atoms. The number of carbonyl (C=O) groups excluding carboxylic acids is 1. The molecule has 0 fully saturated rings. The lowest BCUT2D eigenvalue weighted by Crippen LogP contribution is -2.34. The Morgan fingerprint density at radius 1 is 1.42 bits per heavy atom. The minimum absolute atomic E-state index is 0.0646. The number of carbonyl (C=O) groups is 1. The van der Waals surface area contributed by atoms with E-state index in [0.717, 1.165) is 22.7 Å². The Labute approximate surface area is 114 Å². The van der Waals surface area contributed by atoms with Gasteiger partial charge in [-0.25, -0.2) is 4.98 Å². The van der Waals surface area contributed by atoms with E-state index in [-0.39, 0.29) is 17.6 Å². The van der Waals surface area contributed by atoms with E-state index in [1.54, 1.807) is 6.92 Å². The summed E-state index contributed by atoms with van der Waals surface area (Å²) in [6.07, 6.45) is -2.82. The monoisotopic (exact) mass is 294 g/mol. The number of halogens is 3. The summed E-state index contributed by atoms with van der Waals surface area (Å²) in [6, 6.07) is 0. The van der Waals surface area contributed by atoms with E-state index >= 15 is 0 Å². The first-order valence-electron chi connectivity index (χ1n) is 6.09. The van der Waals surface area contributed by atoms with Crippen LogP contribution in [0.4, 0.5) is 18.3 Å². The molecule has 0 spiro atoms. The summed E-state index contributed by atoms with van der Waals surface area (Å²) in [6.45, 7) is 4.65. The van der Waals surface area contributed by atoms with Gasteiger partial charge >= 0.3 is 6.18 Å². The molecule has 1 unspecified atom stereocenters. The first-order valence-corrected chi connectivity index (χ1v) is 6.91. The third-order valence-electron chi connectivity index (χ3n) is 2.88. The fourth-order valence-electron chi connectivity index (χ4n) is 1.63. The molecule has 0 aliphatic rings. The highest BCUT2D eigenvalue weighted by Crippen LogP contribution is 2.32. The second kappa shape index (κ2) is 6.36. The Hall–Kier alpha value is -1.11. The smallest absolute Gasteiger partial charge is 0.339 e. The van der Waals surface area contributed by atoms with Gasteiger partial charge < -0.3 is 4.90 Å². The molecule has 1 atom stereocenters. The van der Waals surface area contributed by atoms with Crippen molar-refractivity contribution >= 4 is 22.8 Å². The molecule has 0 radical (unpaired) electrons. The van der Waals surface area contributed by atoms with Crippen molar-refractivity contribution in [2.24, 2.45) is 0 Å². The number of thiazole rings is 1. The van der Waals surface area contributed by atoms with Gasteiger partial charge in [0.2, 0.25) is 0 Å². The van der Waals surface area contributed by atoms with Gasteiger partial charge in [0, 0.05) is 6.54 Å². The molecule has 3 nitrogen and oxygen atoms in total. The van der Waals surface area contributed by atoms with Gasteiger partial charge in [-0.05, 0) is 19.3 Å². The van der Waals surface area contributed by atoms with Gasteiger partial charge in [0.05, 0.1) is 10.6 Å². The van der Waals surface area contributed by atoms with Crippen molar-refractivity contribution in [3.63, 3.8) is 0 Å². The minimum Gasteiger partial charge on any atom is -0.339 e. The topological polar surface area (TPSA) is 33.2 Å². The van der Waals surface area contributed by atoms with Crippen molar-refractivity contribution in [2.45, 2.75) is 39.3 Å². The van der Waals surface area contributed by atoms with Gasteiger partial charge in [-0.2, -0.15) is 13.2 Å². The van der Waals surface area contributed by atoms with Gasteiger partial charge in [-0.1, -0.05) is 25.2 Å². The number of rotatable bonds is 6. The van der Waals surface area contributed by atoms with E-state index in [9.17, 15) is 18.0 Å². The molecule has 0 aromatic carbocycles. The van der Waals surface area contributed by atoms with E-state index in [2.05, 4.69) is 4.98 Å². The molecule has 0 saturated carbocycles. The number of aromatic nitrogens is 1. The molecular formula is C12H17F3N2OS. The Balaban J connectivity index is 3.05. The summed E-state index contributed by atoms with van der Waals surface area (Å²) >= 11 is 1.02. The van der Waals surface area contributed by atoms with Crippen LogP contribution in [-0.2, 0) is 0 Å². The molecule has 1 aromatic heterocycles. The zero-order chi connectivity index (χ0) is 14.6. The van der Waals surface area contributed by atoms with Gasteiger partial charge in [-0.3, -0.25) is 4.79 Å². The van der Waals surface area contributed by atoms with Gasteiger partial charge in [-0.15, -0.1) is 0 Å². The lowest BCUT2D eigenvalue weighted by atomic mass is 10.0. The van der Waals surface area contributed by atoms with Crippen molar-refractivity contribution in [3.8, 4) is 0 Å². The highest BCUT2D eigenvalue weighted by molar-refractivity contribution is 7.17. The van der Waals surface area contributed by atoms with Crippen LogP contribution < -0.4 is 4.90 Å². The first kappa shape index (κ1) is 15.9. The van der Waals surface area contributed by atoms with Crippen LogP contribution in [0.25, 0.3) is 0 Å². The average Bonchev–Trinajstić information content (AvgIpc) is 2.77. The van der Waals surface area contributed by atoms with E-state index in [4.69, 9.17) is 0 Å². The lowest BCUT2D eigenvalue weighted by Gasteiger charge is -2.21. The first-order chi connectivity index (χ1) is 8.82. The summed E-state index contributed by atoms with van der Waals surface area (Å²) < 4.78 is 37.4. The van der Waals surface area contributed by atoms with Crippen LogP contribution in [0.5, 0.6) is 0 Å². The van der Waals surface area contributed by atoms with E-state index in [1.807, 2.05) is 13.8 Å². The number of anilines is 1. The molecule has 0 aliphatic carbocycles. The predicted molar refractivity (Wildman–Crippen MR) is 70.1 cm³/mol. The molecule has 0 amide bonds. The van der Waals surface area contributed by atoms with Crippen molar-refractivity contribution < 1.29 is 18.0 Å². The van der Waals surface area contributed by atoms with Crippen molar-refractivity contribution in [1.29, 1.82) is 0 Å². The summed E-state index contributed by atoms with van der Waals surface area (Å²) in [5, 5.41) is 0.261. The third kappa shape index (κ3) is 4.19. The molecule has 0 saturated heterocycles. The van der Waals surface area contributed by atoms with Crippen LogP contribution in [0.1, 0.15) is 48.5 Å². The van der Waals surface area contributed by atoms with Gasteiger partial charge in [0.15, 0.2) is 11.4 Å². The molecular weight excluding hydrogens is 277 g/mol. The Kier molecular flexibility index (Phi) is 5.34. The summed E-state index contributed by atoms with van der Waals surface area (Å²) in [5.41, 5.74) is 0.595. The quantitative estimate of drug-likeness (QED) is 0.747. The van der Waals surface area contributed by atoms with Gasteiger partial charge in [0.1, 0.15) is 6.54 Å². The third-order valence-corrected chi connectivity index (χ3v) is 3.94. The number of hydrogen-bond acceptors (Lipinski definition) is 4. The largest absolute Gasteiger partial charge is 0.406 e. The van der Waals surface area contributed by atoms with Crippen LogP contribution in [-0.4, -0.2) is 30.5 Å². The maximum atomic E-state index is 12.5. The van der Waals surface area contributed by atoms with Gasteiger partial charge in [0.25, 0.3) is 0 Å². The lowest BCUT2D eigenvalue weighted by molar-refractivity contribution is -0.119. The number of alkyl halides is 3. The van der Waals surface area contributed by atoms with E-state index in [0.29, 0.717) is 16.9 Å². The highest BCUT2D eigenvalue weighted by atomic mass is 32.1. The fraction of sp³-hybridized carbons (Fsp3) is 0.667. The zero-order valence-corrected chi connectivity index (χ0v) is 11.9. The number of hydrogen-bond donors (Lipinski definition) is 0. The maximum absolute atomic E-state index is 12.5. The number of nitrogens with zero attached hydrogens (tertiary/aromatic N) is 2.